The Morgan fingerprint density at radius 2 is 1.48 bits per heavy atom. The van der Waals surface area contributed by atoms with Gasteiger partial charge in [0.15, 0.2) is 0 Å². The number of amides is 1. The molecule has 0 aromatic heterocycles. The van der Waals surface area contributed by atoms with E-state index in [-0.39, 0.29) is 22.9 Å². The first kappa shape index (κ1) is 36.6. The summed E-state index contributed by atoms with van der Waals surface area (Å²) in [7, 11) is 0. The van der Waals surface area contributed by atoms with E-state index < -0.39 is 0 Å². The summed E-state index contributed by atoms with van der Waals surface area (Å²) in [6.45, 7) is 8.37. The molecule has 0 atom stereocenters. The summed E-state index contributed by atoms with van der Waals surface area (Å²) >= 11 is 8.46. The van der Waals surface area contributed by atoms with Crippen LogP contribution < -0.4 is 9.64 Å². The Labute approximate surface area is 275 Å². The van der Waals surface area contributed by atoms with Crippen molar-refractivity contribution in [2.45, 2.75) is 117 Å². The van der Waals surface area contributed by atoms with Crippen molar-refractivity contribution in [3.8, 4) is 5.75 Å². The molecule has 7 heteroatoms. The van der Waals surface area contributed by atoms with Crippen LogP contribution in [0, 0.1) is 0 Å². The molecular weight excluding hydrogens is 628 g/mol. The Bertz CT molecular complexity index is 1080. The van der Waals surface area contributed by atoms with Crippen LogP contribution in [0.5, 0.6) is 5.75 Å². The summed E-state index contributed by atoms with van der Waals surface area (Å²) < 4.78 is 5.99. The smallest absolute Gasteiger partial charge is 0.227 e. The quantitative estimate of drug-likeness (QED) is 0.130. The Kier molecular flexibility index (Phi) is 18.4. The van der Waals surface area contributed by atoms with Crippen molar-refractivity contribution in [2.24, 2.45) is 0 Å². The van der Waals surface area contributed by atoms with Crippen LogP contribution in [0.1, 0.15) is 115 Å². The summed E-state index contributed by atoms with van der Waals surface area (Å²) in [6.07, 6.45) is 18.6. The molecule has 0 aliphatic carbocycles. The van der Waals surface area contributed by atoms with Gasteiger partial charge >= 0.3 is 0 Å². The van der Waals surface area contributed by atoms with Crippen LogP contribution in [0.2, 0.25) is 5.02 Å². The highest BCUT2D eigenvalue weighted by molar-refractivity contribution is 8.93. The van der Waals surface area contributed by atoms with E-state index in [1.54, 1.807) is 0 Å². The largest absolute Gasteiger partial charge is 0.492 e. The van der Waals surface area contributed by atoms with E-state index in [4.69, 9.17) is 16.3 Å². The number of anilines is 1. The molecule has 1 aliphatic rings. The summed E-state index contributed by atoms with van der Waals surface area (Å²) in [5.41, 5.74) is 3.14. The molecule has 4 nitrogen and oxygen atoms in total. The van der Waals surface area contributed by atoms with Gasteiger partial charge in [0.1, 0.15) is 5.75 Å². The minimum Gasteiger partial charge on any atom is -0.492 e. The van der Waals surface area contributed by atoms with Crippen molar-refractivity contribution in [1.29, 1.82) is 0 Å². The molecule has 0 saturated carbocycles. The van der Waals surface area contributed by atoms with Crippen molar-refractivity contribution < 1.29 is 9.53 Å². The second-order valence-corrected chi connectivity index (χ2v) is 12.9. The highest BCUT2D eigenvalue weighted by Crippen LogP contribution is 2.29. The topological polar surface area (TPSA) is 32.8 Å². The lowest BCUT2D eigenvalue weighted by Gasteiger charge is -2.23. The number of thioether (sulfide) groups is 1. The fourth-order valence-electron chi connectivity index (χ4n) is 5.21. The maximum atomic E-state index is 12.9. The molecule has 42 heavy (non-hydrogen) atoms. The van der Waals surface area contributed by atoms with Gasteiger partial charge in [0.05, 0.1) is 24.1 Å². The second-order valence-electron chi connectivity index (χ2n) is 11.3. The van der Waals surface area contributed by atoms with E-state index in [0.29, 0.717) is 24.6 Å². The molecule has 0 radical (unpaired) electrons. The van der Waals surface area contributed by atoms with E-state index in [0.717, 1.165) is 35.8 Å². The van der Waals surface area contributed by atoms with Crippen LogP contribution >= 0.6 is 40.3 Å². The Balaban J connectivity index is 0.00000616. The van der Waals surface area contributed by atoms with Gasteiger partial charge in [0.2, 0.25) is 5.91 Å². The third-order valence-electron chi connectivity index (χ3n) is 7.65. The molecule has 234 valence electrons. The molecule has 0 fully saturated rings. The van der Waals surface area contributed by atoms with E-state index in [1.165, 1.54) is 81.1 Å². The van der Waals surface area contributed by atoms with Gasteiger partial charge in [-0.2, -0.15) is 0 Å². The zero-order valence-corrected chi connectivity index (χ0v) is 29.3. The number of benzene rings is 2. The number of halogens is 2. The highest BCUT2D eigenvalue weighted by Gasteiger charge is 2.16. The van der Waals surface area contributed by atoms with Crippen molar-refractivity contribution in [3.63, 3.8) is 0 Å². The minimum atomic E-state index is 0. The van der Waals surface area contributed by atoms with Gasteiger partial charge < -0.3 is 14.5 Å². The molecular formula is C35H52BrClN2O2S. The number of carbonyl (C=O) groups is 1. The number of hydrogen-bond donors (Lipinski definition) is 0. The number of nitrogens with zero attached hydrogens (tertiary/aromatic N) is 2. The first-order chi connectivity index (χ1) is 20.0. The molecule has 0 unspecified atom stereocenters. The molecule has 0 bridgehead atoms. The van der Waals surface area contributed by atoms with Gasteiger partial charge in [-0.15, -0.1) is 28.7 Å². The van der Waals surface area contributed by atoms with E-state index >= 15 is 0 Å². The maximum Gasteiger partial charge on any atom is 0.227 e. The number of ether oxygens (including phenoxy) is 1. The third-order valence-corrected chi connectivity index (χ3v) is 8.97. The summed E-state index contributed by atoms with van der Waals surface area (Å²) in [4.78, 5) is 18.4. The van der Waals surface area contributed by atoms with E-state index in [2.05, 4.69) is 49.2 Å². The van der Waals surface area contributed by atoms with Crippen molar-refractivity contribution in [2.75, 3.05) is 17.4 Å². The summed E-state index contributed by atoms with van der Waals surface area (Å²) in [5.74, 6) is 1.81. The monoisotopic (exact) mass is 678 g/mol. The predicted molar refractivity (Wildman–Crippen MR) is 188 cm³/mol. The zero-order valence-electron chi connectivity index (χ0n) is 26.0. The lowest BCUT2D eigenvalue weighted by Crippen LogP contribution is -2.29. The van der Waals surface area contributed by atoms with Crippen molar-refractivity contribution >= 4 is 51.9 Å². The molecule has 1 aliphatic heterocycles. The third kappa shape index (κ3) is 13.3. The number of unbranched alkanes of at least 4 members (excludes halogenated alkanes) is 11. The van der Waals surface area contributed by atoms with Crippen LogP contribution in [-0.4, -0.2) is 23.3 Å². The first-order valence-electron chi connectivity index (χ1n) is 15.9. The van der Waals surface area contributed by atoms with Crippen LogP contribution in [-0.2, 0) is 17.9 Å². The molecule has 2 aromatic carbocycles. The molecule has 1 amide bonds. The van der Waals surface area contributed by atoms with Gasteiger partial charge in [0.25, 0.3) is 0 Å². The van der Waals surface area contributed by atoms with Crippen molar-refractivity contribution in [3.05, 3.63) is 69.7 Å². The van der Waals surface area contributed by atoms with Crippen LogP contribution in [0.4, 0.5) is 5.69 Å². The Morgan fingerprint density at radius 1 is 0.881 bits per heavy atom. The second kappa shape index (κ2) is 21.1. The average molecular weight is 680 g/mol. The summed E-state index contributed by atoms with van der Waals surface area (Å²) in [6, 6.07) is 14.2. The van der Waals surface area contributed by atoms with Gasteiger partial charge in [-0.1, -0.05) is 114 Å². The molecule has 2 aromatic rings. The predicted octanol–water partition coefficient (Wildman–Crippen LogP) is 11.3. The van der Waals surface area contributed by atoms with Crippen LogP contribution in [0.3, 0.4) is 0 Å². The highest BCUT2D eigenvalue weighted by atomic mass is 79.9. The lowest BCUT2D eigenvalue weighted by molar-refractivity contribution is -0.118. The van der Waals surface area contributed by atoms with Crippen LogP contribution in [0.25, 0.3) is 0 Å². The van der Waals surface area contributed by atoms with E-state index in [9.17, 15) is 4.79 Å². The number of rotatable bonds is 20. The maximum absolute atomic E-state index is 12.9. The fraction of sp³-hybridized carbons (Fsp3) is 0.571. The summed E-state index contributed by atoms with van der Waals surface area (Å²) in [5, 5.41) is 0.604. The number of carbonyl (C=O) groups excluding carboxylic acids is 1. The lowest BCUT2D eigenvalue weighted by atomic mass is 10.1. The first-order valence-corrected chi connectivity index (χ1v) is 17.2. The average Bonchev–Trinajstić information content (AvgIpc) is 3.39. The normalized spacial score (nSPS) is 12.7. The van der Waals surface area contributed by atoms with Crippen LogP contribution in [0.15, 0.2) is 53.6 Å². The van der Waals surface area contributed by atoms with Gasteiger partial charge in [-0.25, -0.2) is 0 Å². The standard InChI is InChI=1S/C35H51ClN2O2S.BrH/c1-4-6-7-8-9-10-11-12-13-14-15-16-23-40-34-22-19-31(24-33(34)36)27-38(35(39)5-2)32-20-17-30(18-21-32)26-37-25-29(3)41-28-37;/h17-22,24-25H,4-16,23,26-28H2,1-3H3;1H. The zero-order chi connectivity index (χ0) is 29.3. The molecule has 1 heterocycles. The molecule has 0 saturated heterocycles. The Hall–Kier alpha value is -1.63. The van der Waals surface area contributed by atoms with Crippen molar-refractivity contribution in [1.82, 2.24) is 4.90 Å². The van der Waals surface area contributed by atoms with E-state index in [1.807, 2.05) is 41.8 Å². The van der Waals surface area contributed by atoms with Gasteiger partial charge in [0, 0.05) is 24.9 Å². The number of hydrogen-bond acceptors (Lipinski definition) is 4. The molecule has 3 rings (SSSR count). The molecule has 0 spiro atoms. The van der Waals surface area contributed by atoms with Gasteiger partial charge in [-0.05, 0) is 53.6 Å². The molecule has 0 N–H and O–H groups in total. The van der Waals surface area contributed by atoms with Gasteiger partial charge in [-0.3, -0.25) is 4.79 Å². The minimum absolute atomic E-state index is 0. The fourth-order valence-corrected chi connectivity index (χ4v) is 6.22. The Morgan fingerprint density at radius 3 is 2.02 bits per heavy atom. The number of allylic oxidation sites excluding steroid dienone is 1. The SMILES string of the molecule is Br.CCCCCCCCCCCCCCOc1ccc(CN(C(=O)CC)c2ccc(CN3C=C(C)SC3)cc2)cc1Cl.